The third-order valence-electron chi connectivity index (χ3n) is 4.67. The number of amides is 1. The predicted octanol–water partition coefficient (Wildman–Crippen LogP) is 5.65. The van der Waals surface area contributed by atoms with Crippen molar-refractivity contribution in [3.63, 3.8) is 0 Å². The molecule has 0 unspecified atom stereocenters. The van der Waals surface area contributed by atoms with E-state index in [0.717, 1.165) is 21.2 Å². The molecular formula is C23H18N4O3S2. The molecule has 0 aliphatic rings. The molecule has 1 N–H and O–H groups in total. The SMILES string of the molecule is C/C(=N/NC(=O)c1ccc(CSc2nc3ccccc3s2)cc1)c1ccc([N+](=O)[O-])cc1. The normalized spacial score (nSPS) is 11.5. The van der Waals surface area contributed by atoms with E-state index in [1.807, 2.05) is 30.3 Å². The lowest BCUT2D eigenvalue weighted by Gasteiger charge is -2.04. The van der Waals surface area contributed by atoms with Gasteiger partial charge in [0.1, 0.15) is 0 Å². The molecule has 0 fully saturated rings. The number of hydrogen-bond donors (Lipinski definition) is 1. The van der Waals surface area contributed by atoms with Crippen LogP contribution in [0.1, 0.15) is 28.4 Å². The highest BCUT2D eigenvalue weighted by molar-refractivity contribution is 8.00. The van der Waals surface area contributed by atoms with Crippen LogP contribution in [0.2, 0.25) is 0 Å². The minimum absolute atomic E-state index is 0.00646. The Hall–Kier alpha value is -3.56. The van der Waals surface area contributed by atoms with Crippen LogP contribution in [0, 0.1) is 10.1 Å². The van der Waals surface area contributed by atoms with Crippen molar-refractivity contribution in [1.29, 1.82) is 0 Å². The Morgan fingerprint density at radius 3 is 2.44 bits per heavy atom. The summed E-state index contributed by atoms with van der Waals surface area (Å²) in [6, 6.07) is 21.4. The molecule has 4 aromatic rings. The van der Waals surface area contributed by atoms with Crippen molar-refractivity contribution in [3.05, 3.63) is 99.6 Å². The summed E-state index contributed by atoms with van der Waals surface area (Å²) in [6.07, 6.45) is 0. The first kappa shape index (κ1) is 21.7. The van der Waals surface area contributed by atoms with Crippen molar-refractivity contribution in [1.82, 2.24) is 10.4 Å². The summed E-state index contributed by atoms with van der Waals surface area (Å²) in [4.78, 5) is 27.3. The number of rotatable bonds is 7. The fourth-order valence-electron chi connectivity index (χ4n) is 2.90. The van der Waals surface area contributed by atoms with Gasteiger partial charge < -0.3 is 0 Å². The number of nitro groups is 1. The maximum Gasteiger partial charge on any atom is 0.271 e. The van der Waals surface area contributed by atoms with E-state index in [2.05, 4.69) is 21.6 Å². The second-order valence-corrected chi connectivity index (χ2v) is 9.13. The second-order valence-electron chi connectivity index (χ2n) is 6.88. The van der Waals surface area contributed by atoms with Crippen LogP contribution >= 0.6 is 23.1 Å². The number of hydrazone groups is 1. The number of non-ortho nitro benzene ring substituents is 1. The quantitative estimate of drug-likeness (QED) is 0.166. The van der Waals surface area contributed by atoms with Gasteiger partial charge in [-0.1, -0.05) is 36.0 Å². The van der Waals surface area contributed by atoms with Crippen molar-refractivity contribution in [2.45, 2.75) is 17.0 Å². The Bertz CT molecular complexity index is 1270. The molecule has 0 saturated carbocycles. The molecule has 0 atom stereocenters. The number of thiazole rings is 1. The summed E-state index contributed by atoms with van der Waals surface area (Å²) in [6.45, 7) is 1.73. The van der Waals surface area contributed by atoms with E-state index < -0.39 is 4.92 Å². The highest BCUT2D eigenvalue weighted by atomic mass is 32.2. The van der Waals surface area contributed by atoms with Gasteiger partial charge in [0, 0.05) is 23.4 Å². The third-order valence-corrected chi connectivity index (χ3v) is 6.92. The topological polar surface area (TPSA) is 97.5 Å². The van der Waals surface area contributed by atoms with Crippen molar-refractivity contribution in [2.75, 3.05) is 0 Å². The molecule has 0 saturated heterocycles. The molecule has 1 amide bonds. The van der Waals surface area contributed by atoms with Gasteiger partial charge in [-0.15, -0.1) is 11.3 Å². The number of fused-ring (bicyclic) bond motifs is 1. The lowest BCUT2D eigenvalue weighted by molar-refractivity contribution is -0.384. The van der Waals surface area contributed by atoms with Gasteiger partial charge in [-0.05, 0) is 54.4 Å². The van der Waals surface area contributed by atoms with E-state index in [0.29, 0.717) is 16.8 Å². The van der Waals surface area contributed by atoms with E-state index in [1.54, 1.807) is 54.3 Å². The van der Waals surface area contributed by atoms with E-state index in [-0.39, 0.29) is 11.6 Å². The molecule has 4 rings (SSSR count). The zero-order valence-corrected chi connectivity index (χ0v) is 18.7. The first-order chi connectivity index (χ1) is 15.5. The van der Waals surface area contributed by atoms with Crippen LogP contribution in [0.15, 0.2) is 82.2 Å². The number of carbonyl (C=O) groups excluding carboxylic acids is 1. The molecule has 1 heterocycles. The molecule has 160 valence electrons. The molecule has 32 heavy (non-hydrogen) atoms. The second kappa shape index (κ2) is 9.71. The first-order valence-corrected chi connectivity index (χ1v) is 11.5. The molecule has 0 aliphatic carbocycles. The average Bonchev–Trinajstić information content (AvgIpc) is 3.24. The molecule has 0 spiro atoms. The van der Waals surface area contributed by atoms with E-state index in [1.165, 1.54) is 16.8 Å². The Morgan fingerprint density at radius 2 is 1.75 bits per heavy atom. The van der Waals surface area contributed by atoms with Gasteiger partial charge in [0.05, 0.1) is 20.9 Å². The monoisotopic (exact) mass is 462 g/mol. The molecule has 9 heteroatoms. The smallest absolute Gasteiger partial charge is 0.267 e. The minimum Gasteiger partial charge on any atom is -0.267 e. The van der Waals surface area contributed by atoms with Gasteiger partial charge in [-0.2, -0.15) is 5.10 Å². The van der Waals surface area contributed by atoms with Gasteiger partial charge in [0.15, 0.2) is 4.34 Å². The minimum atomic E-state index is -0.459. The van der Waals surface area contributed by atoms with Gasteiger partial charge in [-0.3, -0.25) is 14.9 Å². The van der Waals surface area contributed by atoms with Crippen molar-refractivity contribution < 1.29 is 9.72 Å². The Labute approximate surface area is 192 Å². The van der Waals surface area contributed by atoms with Gasteiger partial charge >= 0.3 is 0 Å². The van der Waals surface area contributed by atoms with Crippen molar-refractivity contribution in [2.24, 2.45) is 5.10 Å². The summed E-state index contributed by atoms with van der Waals surface area (Å²) >= 11 is 3.34. The molecule has 1 aromatic heterocycles. The number of nitrogens with zero attached hydrogens (tertiary/aromatic N) is 3. The summed E-state index contributed by atoms with van der Waals surface area (Å²) in [5, 5.41) is 14.8. The summed E-state index contributed by atoms with van der Waals surface area (Å²) in [5.74, 6) is 0.440. The number of para-hydroxylation sites is 1. The van der Waals surface area contributed by atoms with Crippen LogP contribution in [0.25, 0.3) is 10.2 Å². The summed E-state index contributed by atoms with van der Waals surface area (Å²) < 4.78 is 2.19. The van der Waals surface area contributed by atoms with E-state index in [4.69, 9.17) is 0 Å². The standard InChI is InChI=1S/C23H18N4O3S2/c1-15(17-10-12-19(13-11-17)27(29)30)25-26-22(28)18-8-6-16(7-9-18)14-31-23-24-20-4-2-3-5-21(20)32-23/h2-13H,14H2,1H3,(H,26,28)/b25-15-. The van der Waals surface area contributed by atoms with Gasteiger partial charge in [0.2, 0.25) is 0 Å². The third kappa shape index (κ3) is 5.19. The number of carbonyl (C=O) groups is 1. The van der Waals surface area contributed by atoms with E-state index >= 15 is 0 Å². The van der Waals surface area contributed by atoms with Gasteiger partial charge in [-0.25, -0.2) is 10.4 Å². The van der Waals surface area contributed by atoms with Crippen LogP contribution in [-0.4, -0.2) is 21.5 Å². The van der Waals surface area contributed by atoms with E-state index in [9.17, 15) is 14.9 Å². The van der Waals surface area contributed by atoms with Crippen LogP contribution < -0.4 is 5.43 Å². The maximum atomic E-state index is 12.4. The Kier molecular flexibility index (Phi) is 6.58. The van der Waals surface area contributed by atoms with Crippen LogP contribution in [0.3, 0.4) is 0 Å². The maximum absolute atomic E-state index is 12.4. The number of hydrogen-bond acceptors (Lipinski definition) is 7. The lowest BCUT2D eigenvalue weighted by atomic mass is 10.1. The van der Waals surface area contributed by atoms with Crippen LogP contribution in [0.5, 0.6) is 0 Å². The largest absolute Gasteiger partial charge is 0.271 e. The number of nitrogens with one attached hydrogen (secondary N) is 1. The lowest BCUT2D eigenvalue weighted by Crippen LogP contribution is -2.19. The fourth-order valence-corrected chi connectivity index (χ4v) is 4.92. The Morgan fingerprint density at radius 1 is 1.06 bits per heavy atom. The zero-order chi connectivity index (χ0) is 22.5. The predicted molar refractivity (Wildman–Crippen MR) is 128 cm³/mol. The summed E-state index contributed by atoms with van der Waals surface area (Å²) in [5.41, 5.74) is 6.38. The molecule has 0 bridgehead atoms. The Balaban J connectivity index is 1.34. The highest BCUT2D eigenvalue weighted by Crippen LogP contribution is 2.31. The van der Waals surface area contributed by atoms with Crippen molar-refractivity contribution in [3.8, 4) is 0 Å². The van der Waals surface area contributed by atoms with Crippen molar-refractivity contribution >= 4 is 50.6 Å². The number of thioether (sulfide) groups is 1. The molecular weight excluding hydrogens is 444 g/mol. The molecule has 0 radical (unpaired) electrons. The highest BCUT2D eigenvalue weighted by Gasteiger charge is 2.08. The fraction of sp³-hybridized carbons (Fsp3) is 0.0870. The zero-order valence-electron chi connectivity index (χ0n) is 17.0. The first-order valence-electron chi connectivity index (χ1n) is 9.66. The number of nitro benzene ring substituents is 1. The number of benzene rings is 3. The van der Waals surface area contributed by atoms with Crippen LogP contribution in [-0.2, 0) is 5.75 Å². The number of aromatic nitrogens is 1. The molecule has 0 aliphatic heterocycles. The van der Waals surface area contributed by atoms with Crippen LogP contribution in [0.4, 0.5) is 5.69 Å². The average molecular weight is 463 g/mol. The summed E-state index contributed by atoms with van der Waals surface area (Å²) in [7, 11) is 0. The molecule has 3 aromatic carbocycles. The molecule has 7 nitrogen and oxygen atoms in total. The van der Waals surface area contributed by atoms with Gasteiger partial charge in [0.25, 0.3) is 11.6 Å².